The number of rotatable bonds is 8. The molecule has 208 valence electrons. The lowest BCUT2D eigenvalue weighted by molar-refractivity contribution is -0.143. The quantitative estimate of drug-likeness (QED) is 0.122. The Morgan fingerprint density at radius 2 is 1.12 bits per heavy atom. The Morgan fingerprint density at radius 1 is 0.650 bits per heavy atom. The fraction of sp³-hybridized carbons (Fsp3) is 0.138. The van der Waals surface area contributed by atoms with Crippen LogP contribution in [0.3, 0.4) is 0 Å². The second kappa shape index (κ2) is 12.8. The lowest BCUT2D eigenvalue weighted by Crippen LogP contribution is -2.20. The number of nitrogens with one attached hydrogen (secondary N) is 2. The van der Waals surface area contributed by atoms with Crippen molar-refractivity contribution in [2.24, 2.45) is 0 Å². The fourth-order valence-corrected chi connectivity index (χ4v) is 7.37. The van der Waals surface area contributed by atoms with E-state index in [4.69, 9.17) is 0 Å². The van der Waals surface area contributed by atoms with Crippen LogP contribution in [-0.4, -0.2) is 17.9 Å². The number of alkyl halides is 6. The van der Waals surface area contributed by atoms with Gasteiger partial charge in [0.15, 0.2) is 0 Å². The van der Waals surface area contributed by atoms with Gasteiger partial charge in [0.2, 0.25) is 0 Å². The van der Waals surface area contributed by atoms with Gasteiger partial charge in [-0.15, -0.1) is 11.8 Å². The molecule has 0 atom stereocenters. The molecule has 4 aromatic rings. The molecular weight excluding hydrogens is 569 g/mol. The molecule has 40 heavy (non-hydrogen) atoms. The van der Waals surface area contributed by atoms with Gasteiger partial charge in [-0.3, -0.25) is 0 Å². The first-order chi connectivity index (χ1) is 19.0. The predicted octanol–water partition coefficient (Wildman–Crippen LogP) is 8.59. The molecule has 0 aliphatic heterocycles. The summed E-state index contributed by atoms with van der Waals surface area (Å²) in [6.45, 7) is 0. The lowest BCUT2D eigenvalue weighted by Gasteiger charge is -2.18. The highest BCUT2D eigenvalue weighted by Gasteiger charge is 2.37. The molecule has 2 N–H and O–H groups in total. The zero-order chi connectivity index (χ0) is 28.8. The number of hydrogen-bond donors (Lipinski definition) is 2. The number of amides is 2. The van der Waals surface area contributed by atoms with E-state index in [1.807, 2.05) is 36.4 Å². The minimum atomic E-state index is -5.01. The summed E-state index contributed by atoms with van der Waals surface area (Å²) in [7, 11) is -0.536. The number of hydrogen-bond acceptors (Lipinski definition) is 2. The average Bonchev–Trinajstić information content (AvgIpc) is 2.92. The zero-order valence-corrected chi connectivity index (χ0v) is 22.5. The Hall–Kier alpha value is -3.49. The summed E-state index contributed by atoms with van der Waals surface area (Å²) in [5, 5.41) is 7.07. The van der Waals surface area contributed by atoms with Gasteiger partial charge in [0, 0.05) is 22.0 Å². The van der Waals surface area contributed by atoms with Crippen molar-refractivity contribution in [1.29, 1.82) is 0 Å². The molecular formula is C29H23F6N2OPS. The molecule has 4 aromatic carbocycles. The first-order valence-electron chi connectivity index (χ1n) is 12.0. The second-order valence-electron chi connectivity index (χ2n) is 8.57. The number of benzene rings is 4. The predicted molar refractivity (Wildman–Crippen MR) is 150 cm³/mol. The monoisotopic (exact) mass is 592 g/mol. The normalized spacial score (nSPS) is 11.9. The summed E-state index contributed by atoms with van der Waals surface area (Å²) in [5.41, 5.74) is -3.31. The minimum absolute atomic E-state index is 0.00253. The summed E-state index contributed by atoms with van der Waals surface area (Å²) in [6.07, 6.45) is -9.07. The molecule has 11 heteroatoms. The van der Waals surface area contributed by atoms with Gasteiger partial charge in [0.1, 0.15) is 0 Å². The van der Waals surface area contributed by atoms with E-state index in [2.05, 4.69) is 34.9 Å². The Labute approximate surface area is 232 Å². The van der Waals surface area contributed by atoms with Gasteiger partial charge in [-0.1, -0.05) is 60.7 Å². The SMILES string of the molecule is O=C(Nc1ccc(SCCP(c2ccccc2)c2ccccc2)cc1)Nc1cc(C(F)(F)F)cc(C(F)(F)F)c1. The molecule has 0 spiro atoms. The molecule has 3 nitrogen and oxygen atoms in total. The van der Waals surface area contributed by atoms with Gasteiger partial charge in [0.25, 0.3) is 0 Å². The topological polar surface area (TPSA) is 41.1 Å². The number of carbonyl (C=O) groups is 1. The number of anilines is 2. The van der Waals surface area contributed by atoms with E-state index in [9.17, 15) is 31.1 Å². The number of thioether (sulfide) groups is 1. The third-order valence-electron chi connectivity index (χ3n) is 5.68. The highest BCUT2D eigenvalue weighted by Crippen LogP contribution is 2.38. The molecule has 2 amide bonds. The van der Waals surface area contributed by atoms with Gasteiger partial charge in [-0.2, -0.15) is 26.3 Å². The third kappa shape index (κ3) is 8.26. The van der Waals surface area contributed by atoms with E-state index in [-0.39, 0.29) is 6.07 Å². The highest BCUT2D eigenvalue weighted by atomic mass is 32.2. The smallest absolute Gasteiger partial charge is 0.308 e. The van der Waals surface area contributed by atoms with Crippen molar-refractivity contribution in [2.45, 2.75) is 17.2 Å². The molecule has 0 unspecified atom stereocenters. The van der Waals surface area contributed by atoms with Crippen LogP contribution < -0.4 is 21.2 Å². The molecule has 0 aromatic heterocycles. The van der Waals surface area contributed by atoms with E-state index < -0.39 is 43.1 Å². The van der Waals surface area contributed by atoms with E-state index in [1.165, 1.54) is 10.6 Å². The van der Waals surface area contributed by atoms with Crippen LogP contribution >= 0.6 is 19.7 Å². The maximum Gasteiger partial charge on any atom is 0.416 e. The molecule has 0 fully saturated rings. The molecule has 0 heterocycles. The lowest BCUT2D eigenvalue weighted by atomic mass is 10.1. The minimum Gasteiger partial charge on any atom is -0.308 e. The first kappa shape index (κ1) is 29.5. The summed E-state index contributed by atoms with van der Waals surface area (Å²) in [5.74, 6) is 0.847. The molecule has 0 saturated heterocycles. The van der Waals surface area contributed by atoms with E-state index in [0.29, 0.717) is 17.8 Å². The molecule has 0 radical (unpaired) electrons. The van der Waals surface area contributed by atoms with Crippen molar-refractivity contribution in [2.75, 3.05) is 22.5 Å². The van der Waals surface area contributed by atoms with Crippen molar-refractivity contribution in [1.82, 2.24) is 0 Å². The number of carbonyl (C=O) groups excluding carboxylic acids is 1. The second-order valence-corrected chi connectivity index (χ2v) is 12.1. The van der Waals surface area contributed by atoms with Gasteiger partial charge >= 0.3 is 18.4 Å². The number of urea groups is 1. The molecule has 0 bridgehead atoms. The van der Waals surface area contributed by atoms with Crippen molar-refractivity contribution in [3.8, 4) is 0 Å². The van der Waals surface area contributed by atoms with Crippen molar-refractivity contribution in [3.05, 3.63) is 114 Å². The van der Waals surface area contributed by atoms with Crippen LogP contribution in [0, 0.1) is 0 Å². The van der Waals surface area contributed by atoms with Gasteiger partial charge in [0.05, 0.1) is 11.1 Å². The molecule has 4 rings (SSSR count). The molecule has 0 saturated carbocycles. The molecule has 0 aliphatic carbocycles. The van der Waals surface area contributed by atoms with Crippen molar-refractivity contribution < 1.29 is 31.1 Å². The van der Waals surface area contributed by atoms with E-state index in [1.54, 1.807) is 36.0 Å². The van der Waals surface area contributed by atoms with Crippen LogP contribution in [0.2, 0.25) is 0 Å². The first-order valence-corrected chi connectivity index (χ1v) is 14.5. The Morgan fingerprint density at radius 3 is 1.60 bits per heavy atom. The maximum absolute atomic E-state index is 13.1. The Kier molecular flexibility index (Phi) is 9.43. The zero-order valence-electron chi connectivity index (χ0n) is 20.8. The third-order valence-corrected chi connectivity index (χ3v) is 9.51. The van der Waals surface area contributed by atoms with Crippen LogP contribution in [0.1, 0.15) is 11.1 Å². The van der Waals surface area contributed by atoms with Crippen molar-refractivity contribution in [3.63, 3.8) is 0 Å². The van der Waals surface area contributed by atoms with Crippen LogP contribution in [0.25, 0.3) is 0 Å². The Bertz CT molecular complexity index is 1340. The molecule has 0 aliphatic rings. The van der Waals surface area contributed by atoms with E-state index >= 15 is 0 Å². The van der Waals surface area contributed by atoms with Crippen LogP contribution in [-0.2, 0) is 12.4 Å². The van der Waals surface area contributed by atoms with Gasteiger partial charge in [-0.05, 0) is 67.2 Å². The van der Waals surface area contributed by atoms with Gasteiger partial charge in [-0.25, -0.2) is 4.79 Å². The highest BCUT2D eigenvalue weighted by molar-refractivity contribution is 7.99. The van der Waals surface area contributed by atoms with Crippen LogP contribution in [0.15, 0.2) is 108 Å². The van der Waals surface area contributed by atoms with Crippen LogP contribution in [0.4, 0.5) is 42.5 Å². The standard InChI is InChI=1S/C29H23F6N2OPS/c30-28(31,32)20-17-21(29(33,34)35)19-23(18-20)37-27(38)36-22-11-13-26(14-12-22)40-16-15-39(24-7-3-1-4-8-24)25-9-5-2-6-10-25/h1-14,17-19H,15-16H2,(H2,36,37,38). The van der Waals surface area contributed by atoms with E-state index in [0.717, 1.165) is 16.8 Å². The summed E-state index contributed by atoms with van der Waals surface area (Å²) in [6, 6.07) is 27.4. The summed E-state index contributed by atoms with van der Waals surface area (Å²) >= 11 is 1.65. The number of halogens is 6. The fourth-order valence-electron chi connectivity index (χ4n) is 3.83. The van der Waals surface area contributed by atoms with Gasteiger partial charge < -0.3 is 10.6 Å². The summed E-state index contributed by atoms with van der Waals surface area (Å²) in [4.78, 5) is 13.3. The van der Waals surface area contributed by atoms with Crippen molar-refractivity contribution >= 4 is 47.7 Å². The summed E-state index contributed by atoms with van der Waals surface area (Å²) < 4.78 is 78.4. The average molecular weight is 593 g/mol. The Balaban J connectivity index is 1.36. The largest absolute Gasteiger partial charge is 0.416 e. The maximum atomic E-state index is 13.1. The van der Waals surface area contributed by atoms with Crippen LogP contribution in [0.5, 0.6) is 0 Å².